The zero-order chi connectivity index (χ0) is 22.4. The first-order valence-corrected chi connectivity index (χ1v) is 12.4. The van der Waals surface area contributed by atoms with Crippen LogP contribution in [0.1, 0.15) is 25.3 Å². The number of para-hydroxylation sites is 1. The van der Waals surface area contributed by atoms with Crippen molar-refractivity contribution in [3.8, 4) is 0 Å². The Morgan fingerprint density at radius 2 is 1.62 bits per heavy atom. The van der Waals surface area contributed by atoms with Crippen LogP contribution in [-0.4, -0.2) is 39.7 Å². The lowest BCUT2D eigenvalue weighted by atomic mass is 9.74. The summed E-state index contributed by atoms with van der Waals surface area (Å²) in [5.74, 6) is 0.661. The summed E-state index contributed by atoms with van der Waals surface area (Å²) < 4.78 is 33.3. The average molecular weight is 452 g/mol. The van der Waals surface area contributed by atoms with Crippen molar-refractivity contribution in [3.63, 3.8) is 0 Å². The van der Waals surface area contributed by atoms with Gasteiger partial charge in [-0.1, -0.05) is 48.5 Å². The van der Waals surface area contributed by atoms with Crippen molar-refractivity contribution in [2.24, 2.45) is 0 Å². The molecule has 168 valence electrons. The summed E-state index contributed by atoms with van der Waals surface area (Å²) in [5, 5.41) is 3.43. The van der Waals surface area contributed by atoms with Crippen molar-refractivity contribution in [2.75, 3.05) is 35.9 Å². The Kier molecular flexibility index (Phi) is 6.77. The van der Waals surface area contributed by atoms with E-state index >= 15 is 0 Å². The van der Waals surface area contributed by atoms with E-state index in [0.717, 1.165) is 26.1 Å². The van der Waals surface area contributed by atoms with Crippen LogP contribution in [0.25, 0.3) is 0 Å². The minimum Gasteiger partial charge on any atom is -0.381 e. The van der Waals surface area contributed by atoms with Crippen LogP contribution in [0, 0.1) is 0 Å². The molecular formula is C25H29N3O3S. The van der Waals surface area contributed by atoms with Gasteiger partial charge in [-0.15, -0.1) is 0 Å². The number of nitrogens with zero attached hydrogens (tertiary/aromatic N) is 2. The zero-order valence-electron chi connectivity index (χ0n) is 18.3. The normalized spacial score (nSPS) is 15.8. The molecular weight excluding hydrogens is 422 g/mol. The number of rotatable bonds is 8. The summed E-state index contributed by atoms with van der Waals surface area (Å²) in [6, 6.07) is 23.0. The van der Waals surface area contributed by atoms with Crippen molar-refractivity contribution < 1.29 is 13.2 Å². The fourth-order valence-electron chi connectivity index (χ4n) is 4.23. The molecule has 1 aliphatic heterocycles. The van der Waals surface area contributed by atoms with Gasteiger partial charge in [-0.25, -0.2) is 13.4 Å². The van der Waals surface area contributed by atoms with Crippen molar-refractivity contribution in [2.45, 2.75) is 30.1 Å². The van der Waals surface area contributed by atoms with E-state index in [-0.39, 0.29) is 10.3 Å². The van der Waals surface area contributed by atoms with E-state index in [1.807, 2.05) is 31.2 Å². The summed E-state index contributed by atoms with van der Waals surface area (Å²) in [5.41, 5.74) is 1.90. The molecule has 0 atom stereocenters. The van der Waals surface area contributed by atoms with Gasteiger partial charge in [0.1, 0.15) is 10.7 Å². The predicted octanol–water partition coefficient (Wildman–Crippen LogP) is 4.46. The first kappa shape index (κ1) is 22.3. The second-order valence-electron chi connectivity index (χ2n) is 8.00. The van der Waals surface area contributed by atoms with Crippen LogP contribution in [0.3, 0.4) is 0 Å². The molecule has 1 saturated heterocycles. The van der Waals surface area contributed by atoms with Gasteiger partial charge < -0.3 is 10.1 Å². The van der Waals surface area contributed by atoms with Gasteiger partial charge in [0.25, 0.3) is 10.0 Å². The van der Waals surface area contributed by atoms with Crippen LogP contribution >= 0.6 is 0 Å². The molecule has 0 aliphatic carbocycles. The molecule has 0 unspecified atom stereocenters. The second-order valence-corrected chi connectivity index (χ2v) is 9.86. The van der Waals surface area contributed by atoms with E-state index in [4.69, 9.17) is 4.74 Å². The molecule has 6 nitrogen and oxygen atoms in total. The number of hydrogen-bond donors (Lipinski definition) is 1. The molecule has 7 heteroatoms. The minimum absolute atomic E-state index is 0.0295. The molecule has 1 aromatic heterocycles. The van der Waals surface area contributed by atoms with Crippen molar-refractivity contribution in [1.29, 1.82) is 0 Å². The van der Waals surface area contributed by atoms with Gasteiger partial charge in [-0.2, -0.15) is 0 Å². The van der Waals surface area contributed by atoms with Gasteiger partial charge in [0.05, 0.1) is 5.69 Å². The Morgan fingerprint density at radius 3 is 2.22 bits per heavy atom. The number of pyridine rings is 1. The van der Waals surface area contributed by atoms with E-state index in [1.54, 1.807) is 24.3 Å². The molecule has 0 bridgehead atoms. The Bertz CT molecular complexity index is 1100. The highest BCUT2D eigenvalue weighted by atomic mass is 32.2. The van der Waals surface area contributed by atoms with Crippen LogP contribution in [0.4, 0.5) is 11.5 Å². The van der Waals surface area contributed by atoms with Gasteiger partial charge in [0.2, 0.25) is 0 Å². The Balaban J connectivity index is 1.51. The van der Waals surface area contributed by atoms with E-state index in [1.165, 1.54) is 16.1 Å². The monoisotopic (exact) mass is 451 g/mol. The number of anilines is 2. The molecule has 0 radical (unpaired) electrons. The lowest BCUT2D eigenvalue weighted by Gasteiger charge is -2.38. The molecule has 1 fully saturated rings. The molecule has 3 aromatic rings. The predicted molar refractivity (Wildman–Crippen MR) is 128 cm³/mol. The smallest absolute Gasteiger partial charge is 0.265 e. The van der Waals surface area contributed by atoms with Crippen LogP contribution in [0.5, 0.6) is 0 Å². The Labute approximate surface area is 190 Å². The van der Waals surface area contributed by atoms with Crippen LogP contribution < -0.4 is 9.62 Å². The van der Waals surface area contributed by atoms with E-state index in [0.29, 0.717) is 24.6 Å². The SMILES string of the molecule is CCN(c1ccccc1)S(=O)(=O)c1ccc(NCC2(c3ccccc3)CCOCC2)nc1. The lowest BCUT2D eigenvalue weighted by molar-refractivity contribution is 0.0543. The summed E-state index contributed by atoms with van der Waals surface area (Å²) in [4.78, 5) is 4.59. The second kappa shape index (κ2) is 9.71. The highest BCUT2D eigenvalue weighted by Gasteiger charge is 2.34. The quantitative estimate of drug-likeness (QED) is 0.548. The van der Waals surface area contributed by atoms with Crippen molar-refractivity contribution >= 4 is 21.5 Å². The third-order valence-corrected chi connectivity index (χ3v) is 7.99. The van der Waals surface area contributed by atoms with Crippen molar-refractivity contribution in [1.82, 2.24) is 4.98 Å². The van der Waals surface area contributed by atoms with E-state index in [9.17, 15) is 8.42 Å². The van der Waals surface area contributed by atoms with Crippen LogP contribution in [0.15, 0.2) is 83.9 Å². The first-order chi connectivity index (χ1) is 15.5. The maximum Gasteiger partial charge on any atom is 0.265 e. The van der Waals surface area contributed by atoms with E-state index < -0.39 is 10.0 Å². The maximum atomic E-state index is 13.2. The summed E-state index contributed by atoms with van der Waals surface area (Å²) in [6.45, 7) is 4.34. The molecule has 32 heavy (non-hydrogen) atoms. The molecule has 4 rings (SSSR count). The standard InChI is InChI=1S/C25H29N3O3S/c1-2-28(22-11-7-4-8-12-22)32(29,30)23-13-14-24(26-19-23)27-20-25(15-17-31-18-16-25)21-9-5-3-6-10-21/h3-14,19H,2,15-18,20H2,1H3,(H,26,27). The largest absolute Gasteiger partial charge is 0.381 e. The average Bonchev–Trinajstić information content (AvgIpc) is 2.85. The number of sulfonamides is 1. The Hall–Kier alpha value is -2.90. The van der Waals surface area contributed by atoms with Gasteiger partial charge in [-0.05, 0) is 49.6 Å². The fourth-order valence-corrected chi connectivity index (χ4v) is 5.65. The molecule has 1 N–H and O–H groups in total. The topological polar surface area (TPSA) is 71.5 Å². The summed E-state index contributed by atoms with van der Waals surface area (Å²) in [7, 11) is -3.68. The van der Waals surface area contributed by atoms with Gasteiger partial charge in [0, 0.05) is 37.9 Å². The third-order valence-electron chi connectivity index (χ3n) is 6.10. The van der Waals surface area contributed by atoms with Gasteiger partial charge >= 0.3 is 0 Å². The molecule has 0 saturated carbocycles. The number of ether oxygens (including phenoxy) is 1. The molecule has 2 aromatic carbocycles. The highest BCUT2D eigenvalue weighted by Crippen LogP contribution is 2.35. The van der Waals surface area contributed by atoms with Gasteiger partial charge in [-0.3, -0.25) is 4.31 Å². The van der Waals surface area contributed by atoms with Crippen LogP contribution in [-0.2, 0) is 20.2 Å². The van der Waals surface area contributed by atoms with Crippen LogP contribution in [0.2, 0.25) is 0 Å². The molecule has 0 spiro atoms. The molecule has 1 aliphatic rings. The summed E-state index contributed by atoms with van der Waals surface area (Å²) in [6.07, 6.45) is 3.29. The number of hydrogen-bond acceptors (Lipinski definition) is 5. The summed E-state index contributed by atoms with van der Waals surface area (Å²) >= 11 is 0. The third kappa shape index (κ3) is 4.64. The first-order valence-electron chi connectivity index (χ1n) is 11.0. The number of aromatic nitrogens is 1. The molecule has 2 heterocycles. The molecule has 0 amide bonds. The maximum absolute atomic E-state index is 13.2. The number of benzene rings is 2. The Morgan fingerprint density at radius 1 is 0.969 bits per heavy atom. The minimum atomic E-state index is -3.68. The lowest BCUT2D eigenvalue weighted by Crippen LogP contribution is -2.40. The number of nitrogens with one attached hydrogen (secondary N) is 1. The highest BCUT2D eigenvalue weighted by molar-refractivity contribution is 7.92. The van der Waals surface area contributed by atoms with E-state index in [2.05, 4.69) is 34.6 Å². The van der Waals surface area contributed by atoms with Crippen molar-refractivity contribution in [3.05, 3.63) is 84.6 Å². The fraction of sp³-hybridized carbons (Fsp3) is 0.320. The zero-order valence-corrected chi connectivity index (χ0v) is 19.1. The van der Waals surface area contributed by atoms with Gasteiger partial charge in [0.15, 0.2) is 0 Å².